The number of halogens is 3. The van der Waals surface area contributed by atoms with Gasteiger partial charge in [-0.05, 0) is 43.7 Å². The predicted octanol–water partition coefficient (Wildman–Crippen LogP) is 4.88. The fourth-order valence-corrected chi connectivity index (χ4v) is 3.02. The van der Waals surface area contributed by atoms with Crippen LogP contribution in [-0.2, 0) is 6.18 Å². The lowest BCUT2D eigenvalue weighted by molar-refractivity contribution is -0.142. The first-order valence-electron chi connectivity index (χ1n) is 8.62. The number of aromatic nitrogens is 3. The molecule has 0 spiro atoms. The van der Waals surface area contributed by atoms with E-state index in [1.807, 2.05) is 26.0 Å². The summed E-state index contributed by atoms with van der Waals surface area (Å²) in [6.45, 7) is 3.75. The summed E-state index contributed by atoms with van der Waals surface area (Å²) in [7, 11) is 0. The molecule has 1 aromatic carbocycles. The maximum Gasteiger partial charge on any atom is 0.433 e. The van der Waals surface area contributed by atoms with Gasteiger partial charge in [-0.2, -0.15) is 18.3 Å². The lowest BCUT2D eigenvalue weighted by Crippen LogP contribution is -2.16. The van der Waals surface area contributed by atoms with Gasteiger partial charge in [0.1, 0.15) is 11.3 Å². The minimum Gasteiger partial charge on any atom is -0.463 e. The Kier molecular flexibility index (Phi) is 4.37. The Morgan fingerprint density at radius 1 is 1.17 bits per heavy atom. The van der Waals surface area contributed by atoms with E-state index in [0.29, 0.717) is 10.2 Å². The lowest BCUT2D eigenvalue weighted by atomic mass is 10.1. The smallest absolute Gasteiger partial charge is 0.433 e. The number of amides is 1. The molecule has 29 heavy (non-hydrogen) atoms. The molecule has 148 valence electrons. The van der Waals surface area contributed by atoms with Crippen molar-refractivity contribution in [2.75, 3.05) is 5.32 Å². The van der Waals surface area contributed by atoms with E-state index in [4.69, 9.17) is 4.42 Å². The SMILES string of the molecule is Cc1ccc(NC(=O)c2cnn3c(C(F)(F)F)cc(-c4ccco4)nc23)c(C)c1. The van der Waals surface area contributed by atoms with E-state index in [2.05, 4.69) is 15.4 Å². The molecule has 0 unspecified atom stereocenters. The Balaban J connectivity index is 1.83. The maximum atomic E-state index is 13.6. The highest BCUT2D eigenvalue weighted by molar-refractivity contribution is 6.08. The van der Waals surface area contributed by atoms with Crippen molar-refractivity contribution in [3.05, 3.63) is 71.2 Å². The van der Waals surface area contributed by atoms with Crippen LogP contribution in [0.3, 0.4) is 0 Å². The highest BCUT2D eigenvalue weighted by Crippen LogP contribution is 2.33. The number of hydrogen-bond acceptors (Lipinski definition) is 4. The third-order valence-electron chi connectivity index (χ3n) is 4.41. The van der Waals surface area contributed by atoms with Gasteiger partial charge in [0.25, 0.3) is 5.91 Å². The van der Waals surface area contributed by atoms with Gasteiger partial charge in [-0.15, -0.1) is 0 Å². The molecule has 0 fully saturated rings. The molecule has 0 aliphatic carbocycles. The minimum atomic E-state index is -4.70. The average Bonchev–Trinajstić information content (AvgIpc) is 3.31. The van der Waals surface area contributed by atoms with Crippen LogP contribution in [0.1, 0.15) is 27.2 Å². The van der Waals surface area contributed by atoms with Gasteiger partial charge in [-0.1, -0.05) is 17.7 Å². The molecule has 0 aliphatic heterocycles. The van der Waals surface area contributed by atoms with Gasteiger partial charge in [0.05, 0.1) is 12.5 Å². The standard InChI is InChI=1S/C20H15F3N4O2/c1-11-5-6-14(12(2)8-11)26-19(28)13-10-24-27-17(20(21,22)23)9-15(25-18(13)27)16-4-3-7-29-16/h3-10H,1-2H3,(H,26,28). The van der Waals surface area contributed by atoms with Gasteiger partial charge in [-0.25, -0.2) is 9.50 Å². The molecule has 0 saturated carbocycles. The highest BCUT2D eigenvalue weighted by Gasteiger charge is 2.36. The van der Waals surface area contributed by atoms with Crippen molar-refractivity contribution in [1.82, 2.24) is 14.6 Å². The van der Waals surface area contributed by atoms with Crippen molar-refractivity contribution in [2.45, 2.75) is 20.0 Å². The van der Waals surface area contributed by atoms with Gasteiger partial charge >= 0.3 is 6.18 Å². The fourth-order valence-electron chi connectivity index (χ4n) is 3.02. The summed E-state index contributed by atoms with van der Waals surface area (Å²) in [5, 5.41) is 6.46. The number of nitrogens with zero attached hydrogens (tertiary/aromatic N) is 3. The molecule has 4 aromatic rings. The topological polar surface area (TPSA) is 72.4 Å². The zero-order chi connectivity index (χ0) is 20.8. The van der Waals surface area contributed by atoms with Crippen LogP contribution in [-0.4, -0.2) is 20.5 Å². The second-order valence-corrected chi connectivity index (χ2v) is 6.57. The molecule has 0 radical (unpaired) electrons. The van der Waals surface area contributed by atoms with E-state index in [0.717, 1.165) is 23.4 Å². The Labute approximate surface area is 163 Å². The molecule has 0 saturated heterocycles. The number of hydrogen-bond donors (Lipinski definition) is 1. The summed E-state index contributed by atoms with van der Waals surface area (Å²) in [5.41, 5.74) is 1.01. The van der Waals surface area contributed by atoms with E-state index >= 15 is 0 Å². The third kappa shape index (κ3) is 3.46. The minimum absolute atomic E-state index is 0.0455. The third-order valence-corrected chi connectivity index (χ3v) is 4.41. The largest absolute Gasteiger partial charge is 0.463 e. The molecule has 0 atom stereocenters. The first-order chi connectivity index (χ1) is 13.7. The van der Waals surface area contributed by atoms with Gasteiger partial charge in [0, 0.05) is 5.69 Å². The van der Waals surface area contributed by atoms with Crippen molar-refractivity contribution in [3.8, 4) is 11.5 Å². The van der Waals surface area contributed by atoms with Crippen LogP contribution in [0.15, 0.2) is 53.3 Å². The number of carbonyl (C=O) groups is 1. The molecule has 6 nitrogen and oxygen atoms in total. The molecule has 9 heteroatoms. The molecule has 0 aliphatic rings. The van der Waals surface area contributed by atoms with Gasteiger partial charge in [0.15, 0.2) is 17.1 Å². The van der Waals surface area contributed by atoms with Gasteiger partial charge in [-0.3, -0.25) is 4.79 Å². The van der Waals surface area contributed by atoms with E-state index in [9.17, 15) is 18.0 Å². The normalized spacial score (nSPS) is 11.8. The number of benzene rings is 1. The van der Waals surface area contributed by atoms with Crippen LogP contribution in [0.25, 0.3) is 17.1 Å². The highest BCUT2D eigenvalue weighted by atomic mass is 19.4. The molecule has 0 bridgehead atoms. The van der Waals surface area contributed by atoms with Crippen molar-refractivity contribution in [1.29, 1.82) is 0 Å². The summed E-state index contributed by atoms with van der Waals surface area (Å²) >= 11 is 0. The first-order valence-corrected chi connectivity index (χ1v) is 8.62. The monoisotopic (exact) mass is 400 g/mol. The molecular formula is C20H15F3N4O2. The molecule has 4 rings (SSSR count). The van der Waals surface area contributed by atoms with E-state index in [-0.39, 0.29) is 22.7 Å². The summed E-state index contributed by atoms with van der Waals surface area (Å²) in [5.74, 6) is -0.455. The van der Waals surface area contributed by atoms with E-state index in [1.165, 1.54) is 12.3 Å². The van der Waals surface area contributed by atoms with Crippen LogP contribution < -0.4 is 5.32 Å². The number of nitrogens with one attached hydrogen (secondary N) is 1. The second-order valence-electron chi connectivity index (χ2n) is 6.57. The number of fused-ring (bicyclic) bond motifs is 1. The molecule has 1 N–H and O–H groups in total. The summed E-state index contributed by atoms with van der Waals surface area (Å²) in [6.07, 6.45) is -2.29. The number of alkyl halides is 3. The second kappa shape index (κ2) is 6.77. The van der Waals surface area contributed by atoms with E-state index < -0.39 is 17.8 Å². The molecule has 3 heterocycles. The number of anilines is 1. The average molecular weight is 400 g/mol. The van der Waals surface area contributed by atoms with Crippen molar-refractivity contribution >= 4 is 17.2 Å². The Hall–Kier alpha value is -3.62. The predicted molar refractivity (Wildman–Crippen MR) is 99.6 cm³/mol. The van der Waals surface area contributed by atoms with Crippen LogP contribution >= 0.6 is 0 Å². The Morgan fingerprint density at radius 3 is 2.62 bits per heavy atom. The van der Waals surface area contributed by atoms with Crippen molar-refractivity contribution < 1.29 is 22.4 Å². The van der Waals surface area contributed by atoms with Gasteiger partial charge in [0.2, 0.25) is 0 Å². The van der Waals surface area contributed by atoms with Crippen LogP contribution in [0.2, 0.25) is 0 Å². The number of carbonyl (C=O) groups excluding carboxylic acids is 1. The van der Waals surface area contributed by atoms with Crippen LogP contribution in [0.5, 0.6) is 0 Å². The van der Waals surface area contributed by atoms with E-state index in [1.54, 1.807) is 12.1 Å². The summed E-state index contributed by atoms with van der Waals surface area (Å²) in [4.78, 5) is 17.0. The quantitative estimate of drug-likeness (QED) is 0.532. The Bertz CT molecular complexity index is 1210. The zero-order valence-corrected chi connectivity index (χ0v) is 15.4. The molecule has 3 aromatic heterocycles. The van der Waals surface area contributed by atoms with Crippen LogP contribution in [0, 0.1) is 13.8 Å². The molecular weight excluding hydrogens is 385 g/mol. The van der Waals surface area contributed by atoms with Gasteiger partial charge < -0.3 is 9.73 Å². The number of rotatable bonds is 3. The van der Waals surface area contributed by atoms with Crippen LogP contribution in [0.4, 0.5) is 18.9 Å². The first kappa shape index (κ1) is 18.7. The molecule has 1 amide bonds. The summed E-state index contributed by atoms with van der Waals surface area (Å²) in [6, 6.07) is 9.32. The fraction of sp³-hybridized carbons (Fsp3) is 0.150. The van der Waals surface area contributed by atoms with Crippen molar-refractivity contribution in [2.24, 2.45) is 0 Å². The zero-order valence-electron chi connectivity index (χ0n) is 15.4. The number of aryl methyl sites for hydroxylation is 2. The lowest BCUT2D eigenvalue weighted by Gasteiger charge is -2.11. The number of furan rings is 1. The maximum absolute atomic E-state index is 13.6. The Morgan fingerprint density at radius 2 is 1.97 bits per heavy atom. The van der Waals surface area contributed by atoms with Crippen molar-refractivity contribution in [3.63, 3.8) is 0 Å². The summed E-state index contributed by atoms with van der Waals surface area (Å²) < 4.78 is 46.5.